The molecule has 0 saturated heterocycles. The van der Waals surface area contributed by atoms with Crippen LogP contribution in [-0.4, -0.2) is 54.9 Å². The number of benzene rings is 4. The summed E-state index contributed by atoms with van der Waals surface area (Å²) in [5.74, 6) is 1.45. The Labute approximate surface area is 331 Å². The van der Waals surface area contributed by atoms with Gasteiger partial charge in [-0.15, -0.1) is 0 Å². The molecule has 0 spiro atoms. The second-order valence-corrected chi connectivity index (χ2v) is 13.1. The van der Waals surface area contributed by atoms with E-state index in [1.165, 1.54) is 0 Å². The number of aliphatic hydroxyl groups excluding tert-OH is 1. The number of amides is 3. The molecule has 5 N–H and O–H groups in total. The zero-order chi connectivity index (χ0) is 38.8. The van der Waals surface area contributed by atoms with Crippen molar-refractivity contribution in [2.45, 2.75) is 47.5 Å². The summed E-state index contributed by atoms with van der Waals surface area (Å²) in [6.07, 6.45) is 1.59. The zero-order valence-corrected chi connectivity index (χ0v) is 32.4. The summed E-state index contributed by atoms with van der Waals surface area (Å²) in [4.78, 5) is 35.1. The summed E-state index contributed by atoms with van der Waals surface area (Å²) in [5, 5.41) is 27.2. The summed E-state index contributed by atoms with van der Waals surface area (Å²) >= 11 is 1.96. The fourth-order valence-corrected chi connectivity index (χ4v) is 5.37. The number of aliphatic hydroxyl groups is 1. The van der Waals surface area contributed by atoms with Gasteiger partial charge in [0, 0.05) is 53.7 Å². The predicted molar refractivity (Wildman–Crippen MR) is 226 cm³/mol. The van der Waals surface area contributed by atoms with E-state index in [-0.39, 0.29) is 31.9 Å². The second kappa shape index (κ2) is 18.5. The van der Waals surface area contributed by atoms with E-state index < -0.39 is 6.03 Å². The molecule has 0 unspecified atom stereocenters. The van der Waals surface area contributed by atoms with Crippen molar-refractivity contribution >= 4 is 68.4 Å². The SMILES string of the molecule is C.Cc1ccc(-n2nc(C(C)(C)C)cc2NC(=O)Nc2ccc(Oc3ccnc(Nc4ccc(C(=O)NCCO)cc4C)n3)c3ccccc23)cc1.[2H]CI. The number of halogens is 1. The fourth-order valence-electron chi connectivity index (χ4n) is 5.37. The van der Waals surface area contributed by atoms with Gasteiger partial charge in [0.1, 0.15) is 11.6 Å². The molecule has 3 amide bonds. The van der Waals surface area contributed by atoms with Crippen molar-refractivity contribution < 1.29 is 20.8 Å². The highest BCUT2D eigenvalue weighted by molar-refractivity contribution is 14.1. The quantitative estimate of drug-likeness (QED) is 0.0676. The van der Waals surface area contributed by atoms with Crippen LogP contribution in [0.2, 0.25) is 0 Å². The number of nitrogens with zero attached hydrogens (tertiary/aromatic N) is 4. The van der Waals surface area contributed by atoms with E-state index >= 15 is 0 Å². The predicted octanol–water partition coefficient (Wildman–Crippen LogP) is 9.32. The van der Waals surface area contributed by atoms with E-state index in [1.54, 1.807) is 47.3 Å². The van der Waals surface area contributed by atoms with E-state index in [1.807, 2.05) is 91.0 Å². The molecule has 0 bridgehead atoms. The monoisotopic (exact) mass is 843 g/mol. The molecule has 0 saturated carbocycles. The summed E-state index contributed by atoms with van der Waals surface area (Å²) in [6, 6.07) is 27.5. The molecule has 2 aromatic heterocycles. The molecule has 54 heavy (non-hydrogen) atoms. The van der Waals surface area contributed by atoms with Gasteiger partial charge >= 0.3 is 6.03 Å². The fraction of sp³-hybridized carbons (Fsp3) is 0.244. The van der Waals surface area contributed by atoms with Gasteiger partial charge in [-0.25, -0.2) is 14.5 Å². The van der Waals surface area contributed by atoms with E-state index in [2.05, 4.69) is 52.0 Å². The average molecular weight is 844 g/mol. The third-order valence-electron chi connectivity index (χ3n) is 8.11. The van der Waals surface area contributed by atoms with Gasteiger partial charge in [0.2, 0.25) is 11.8 Å². The highest BCUT2D eigenvalue weighted by atomic mass is 127. The van der Waals surface area contributed by atoms with Crippen LogP contribution in [0.25, 0.3) is 16.5 Å². The third-order valence-corrected chi connectivity index (χ3v) is 8.11. The molecule has 12 nitrogen and oxygen atoms in total. The molecule has 0 aliphatic carbocycles. The Bertz CT molecular complexity index is 2240. The number of rotatable bonds is 10. The Balaban J connectivity index is 0.00000163. The molecule has 282 valence electrons. The van der Waals surface area contributed by atoms with Crippen molar-refractivity contribution in [3.63, 3.8) is 0 Å². The van der Waals surface area contributed by atoms with Gasteiger partial charge in [0.15, 0.2) is 0 Å². The number of ether oxygens (including phenoxy) is 1. The number of hydrogen-bond donors (Lipinski definition) is 5. The van der Waals surface area contributed by atoms with Crippen molar-refractivity contribution in [2.75, 3.05) is 34.0 Å². The molecule has 6 rings (SSSR count). The van der Waals surface area contributed by atoms with Crippen LogP contribution in [0.3, 0.4) is 0 Å². The van der Waals surface area contributed by atoms with Gasteiger partial charge in [-0.05, 0) is 66.8 Å². The summed E-state index contributed by atoms with van der Waals surface area (Å²) in [5.41, 5.74) is 5.22. The van der Waals surface area contributed by atoms with Crippen molar-refractivity contribution in [3.05, 3.63) is 120 Å². The Hall–Kier alpha value is -5.54. The molecule has 0 aliphatic rings. The summed E-state index contributed by atoms with van der Waals surface area (Å²) in [6.45, 7) is 10.2. The van der Waals surface area contributed by atoms with Gasteiger partial charge < -0.3 is 25.8 Å². The number of urea groups is 1. The smallest absolute Gasteiger partial charge is 0.324 e. The minimum absolute atomic E-state index is 0. The number of hydrogen-bond acceptors (Lipinski definition) is 8. The van der Waals surface area contributed by atoms with Crippen molar-refractivity contribution in [1.82, 2.24) is 25.1 Å². The number of aryl methyl sites for hydroxylation is 2. The molecule has 13 heteroatoms. The number of nitrogens with one attached hydrogen (secondary N) is 4. The maximum absolute atomic E-state index is 13.5. The molecule has 0 radical (unpaired) electrons. The van der Waals surface area contributed by atoms with Crippen LogP contribution in [0.4, 0.5) is 27.9 Å². The minimum atomic E-state index is -0.414. The lowest BCUT2D eigenvalue weighted by Gasteiger charge is -2.14. The first-order valence-corrected chi connectivity index (χ1v) is 18.3. The Morgan fingerprint density at radius 3 is 2.31 bits per heavy atom. The minimum Gasteiger partial charge on any atom is -0.438 e. The van der Waals surface area contributed by atoms with E-state index in [0.717, 1.165) is 39.0 Å². The van der Waals surface area contributed by atoms with Crippen LogP contribution in [0.15, 0.2) is 97.2 Å². The zero-order valence-electron chi connectivity index (χ0n) is 31.2. The van der Waals surface area contributed by atoms with E-state index in [4.69, 9.17) is 16.3 Å². The highest BCUT2D eigenvalue weighted by Crippen LogP contribution is 2.35. The first-order valence-electron chi connectivity index (χ1n) is 17.5. The Morgan fingerprint density at radius 2 is 1.63 bits per heavy atom. The topological polar surface area (TPSA) is 155 Å². The first kappa shape index (κ1) is 39.7. The third kappa shape index (κ3) is 10.1. The van der Waals surface area contributed by atoms with Gasteiger partial charge in [-0.2, -0.15) is 10.1 Å². The molecule has 2 heterocycles. The average Bonchev–Trinajstić information content (AvgIpc) is 3.57. The highest BCUT2D eigenvalue weighted by Gasteiger charge is 2.22. The molecular formula is C41H47IN8O4. The molecule has 6 aromatic rings. The lowest BCUT2D eigenvalue weighted by atomic mass is 9.92. The van der Waals surface area contributed by atoms with Crippen molar-refractivity contribution in [1.29, 1.82) is 0 Å². The van der Waals surface area contributed by atoms with Crippen LogP contribution < -0.4 is 26.0 Å². The van der Waals surface area contributed by atoms with Gasteiger partial charge in [-0.1, -0.05) is 92.8 Å². The van der Waals surface area contributed by atoms with Gasteiger partial charge in [0.05, 0.1) is 23.7 Å². The van der Waals surface area contributed by atoms with Crippen molar-refractivity contribution in [3.8, 4) is 17.3 Å². The molecule has 4 aromatic carbocycles. The first-order chi connectivity index (χ1) is 25.9. The Morgan fingerprint density at radius 1 is 0.926 bits per heavy atom. The lowest BCUT2D eigenvalue weighted by Crippen LogP contribution is -2.26. The molecular weight excluding hydrogens is 795 g/mol. The number of alkyl halides is 1. The Kier molecular flexibility index (Phi) is 13.6. The largest absolute Gasteiger partial charge is 0.438 e. The number of carbonyl (C=O) groups is 2. The summed E-state index contributed by atoms with van der Waals surface area (Å²) < 4.78 is 14.2. The molecule has 0 fully saturated rings. The molecule has 0 aliphatic heterocycles. The van der Waals surface area contributed by atoms with Crippen molar-refractivity contribution in [2.24, 2.45) is 0 Å². The van der Waals surface area contributed by atoms with Gasteiger partial charge in [0.25, 0.3) is 5.91 Å². The maximum Gasteiger partial charge on any atom is 0.324 e. The number of carbonyl (C=O) groups excluding carboxylic acids is 2. The second-order valence-electron chi connectivity index (χ2n) is 13.1. The van der Waals surface area contributed by atoms with E-state index in [0.29, 0.717) is 39.6 Å². The maximum atomic E-state index is 13.5. The van der Waals surface area contributed by atoms with Crippen LogP contribution in [0.5, 0.6) is 11.6 Å². The summed E-state index contributed by atoms with van der Waals surface area (Å²) in [7, 11) is 0. The lowest BCUT2D eigenvalue weighted by molar-refractivity contribution is 0.0944. The number of aromatic nitrogens is 4. The number of anilines is 4. The van der Waals surface area contributed by atoms with Crippen LogP contribution >= 0.6 is 22.6 Å². The number of fused-ring (bicyclic) bond motifs is 1. The standard InChI is InChI=1S/C39H40N8O4.CH3I.CH4/c1-24-10-13-27(14-11-24)47-34(23-33(46-47)39(3,4)5)44-38(50)43-31-16-17-32(29-9-7-6-8-28(29)31)51-35-18-19-41-37(45-35)42-30-15-12-26(22-25(30)2)36(49)40-20-21-48;1-2;/h6-19,22-23,48H,20-21H2,1-5H3,(H,40,49)(H,41,42,45)(H2,43,44,50);1H3;1H4/i;1D;. The van der Waals surface area contributed by atoms with E-state index in [9.17, 15) is 9.59 Å². The van der Waals surface area contributed by atoms with Crippen LogP contribution in [-0.2, 0) is 5.41 Å². The normalized spacial score (nSPS) is 11.0. The van der Waals surface area contributed by atoms with Crippen LogP contribution in [0.1, 0.15) is 56.7 Å². The van der Waals surface area contributed by atoms with Gasteiger partial charge in [-0.3, -0.25) is 10.1 Å². The van der Waals surface area contributed by atoms with Crippen LogP contribution in [0, 0.1) is 13.8 Å². The molecule has 0 atom stereocenters.